The Bertz CT molecular complexity index is 524. The lowest BCUT2D eigenvalue weighted by atomic mass is 10.2. The van der Waals surface area contributed by atoms with Crippen LogP contribution in [0.5, 0.6) is 5.75 Å². The number of halogens is 2. The van der Waals surface area contributed by atoms with Crippen molar-refractivity contribution in [2.75, 3.05) is 27.3 Å². The maximum absolute atomic E-state index is 12.9. The number of hydrogen-bond acceptors (Lipinski definition) is 4. The average Bonchev–Trinajstić information content (AvgIpc) is 2.44. The highest BCUT2D eigenvalue weighted by atomic mass is 79.9. The van der Waals surface area contributed by atoms with Crippen molar-refractivity contribution in [1.29, 1.82) is 0 Å². The number of nitrogens with zero attached hydrogens (tertiary/aromatic N) is 1. The number of benzene rings is 1. The first kappa shape index (κ1) is 17.4. The van der Waals surface area contributed by atoms with Crippen molar-refractivity contribution < 1.29 is 23.5 Å². The summed E-state index contributed by atoms with van der Waals surface area (Å²) in [6.07, 6.45) is 0. The lowest BCUT2D eigenvalue weighted by Crippen LogP contribution is -2.37. The Morgan fingerprint density at radius 2 is 2.10 bits per heavy atom. The Kier molecular flexibility index (Phi) is 6.61. The van der Waals surface area contributed by atoms with Gasteiger partial charge in [0.05, 0.1) is 17.5 Å². The zero-order valence-corrected chi connectivity index (χ0v) is 13.6. The second kappa shape index (κ2) is 7.97. The van der Waals surface area contributed by atoms with Crippen LogP contribution in [0.15, 0.2) is 22.7 Å². The first-order valence-corrected chi connectivity index (χ1v) is 7.04. The van der Waals surface area contributed by atoms with Crippen LogP contribution in [-0.2, 0) is 14.3 Å². The normalized spacial score (nSPS) is 11.7. The summed E-state index contributed by atoms with van der Waals surface area (Å²) in [6.45, 7) is 1.71. The van der Waals surface area contributed by atoms with Crippen molar-refractivity contribution in [2.45, 2.75) is 6.92 Å². The van der Waals surface area contributed by atoms with Gasteiger partial charge in [-0.05, 0) is 34.1 Å². The molecule has 0 saturated carbocycles. The van der Waals surface area contributed by atoms with Gasteiger partial charge in [0.25, 0.3) is 5.91 Å². The summed E-state index contributed by atoms with van der Waals surface area (Å²) in [4.78, 5) is 24.6. The molecule has 0 aliphatic heterocycles. The zero-order valence-electron chi connectivity index (χ0n) is 12.1. The summed E-state index contributed by atoms with van der Waals surface area (Å²) < 4.78 is 23.3. The van der Waals surface area contributed by atoms with Crippen LogP contribution in [0.1, 0.15) is 6.92 Å². The van der Waals surface area contributed by atoms with Crippen molar-refractivity contribution in [3.63, 3.8) is 0 Å². The van der Waals surface area contributed by atoms with E-state index < -0.39 is 11.7 Å². The highest BCUT2D eigenvalue weighted by Gasteiger charge is 2.19. The van der Waals surface area contributed by atoms with E-state index >= 15 is 0 Å². The third-order valence-corrected chi connectivity index (χ3v) is 3.44. The van der Waals surface area contributed by atoms with Crippen molar-refractivity contribution >= 4 is 27.8 Å². The smallest absolute Gasteiger partial charge is 0.310 e. The number of likely N-dealkylation sites (N-methyl/N-ethyl adjacent to an activating group) is 1. The Labute approximate surface area is 131 Å². The number of esters is 1. The molecule has 0 aromatic heterocycles. The van der Waals surface area contributed by atoms with E-state index in [0.29, 0.717) is 10.2 Å². The summed E-state index contributed by atoms with van der Waals surface area (Å²) >= 11 is 3.15. The summed E-state index contributed by atoms with van der Waals surface area (Å²) in [5.74, 6) is -1.11. The van der Waals surface area contributed by atoms with Gasteiger partial charge in [0.15, 0.2) is 6.61 Å². The average molecular weight is 362 g/mol. The second-order valence-corrected chi connectivity index (χ2v) is 5.42. The van der Waals surface area contributed by atoms with Gasteiger partial charge in [0, 0.05) is 13.6 Å². The Morgan fingerprint density at radius 1 is 1.43 bits per heavy atom. The lowest BCUT2D eigenvalue weighted by molar-refractivity contribution is -0.146. The van der Waals surface area contributed by atoms with E-state index in [-0.39, 0.29) is 25.0 Å². The van der Waals surface area contributed by atoms with Gasteiger partial charge in [-0.1, -0.05) is 6.92 Å². The van der Waals surface area contributed by atoms with Crippen molar-refractivity contribution in [3.05, 3.63) is 28.5 Å². The van der Waals surface area contributed by atoms with Gasteiger partial charge in [-0.3, -0.25) is 9.59 Å². The molecule has 0 spiro atoms. The third-order valence-electron chi connectivity index (χ3n) is 2.82. The minimum atomic E-state index is -0.415. The topological polar surface area (TPSA) is 55.8 Å². The lowest BCUT2D eigenvalue weighted by Gasteiger charge is -2.20. The molecule has 1 rings (SSSR count). The molecule has 0 N–H and O–H groups in total. The fourth-order valence-corrected chi connectivity index (χ4v) is 2.10. The number of methoxy groups -OCH3 is 1. The second-order valence-electron chi connectivity index (χ2n) is 4.56. The van der Waals surface area contributed by atoms with E-state index in [9.17, 15) is 14.0 Å². The number of carbonyl (C=O) groups is 2. The molecule has 116 valence electrons. The van der Waals surface area contributed by atoms with E-state index in [1.54, 1.807) is 14.0 Å². The van der Waals surface area contributed by atoms with Gasteiger partial charge < -0.3 is 14.4 Å². The molecule has 1 atom stereocenters. The van der Waals surface area contributed by atoms with Crippen LogP contribution in [0.4, 0.5) is 4.39 Å². The van der Waals surface area contributed by atoms with Crippen LogP contribution in [-0.4, -0.2) is 44.1 Å². The zero-order chi connectivity index (χ0) is 16.0. The standard InChI is InChI=1S/C14H17BrFNO4/c1-9(14(19)20-3)7-17(2)13(18)8-21-12-5-4-10(16)6-11(12)15/h4-6,9H,7-8H2,1-3H3. The van der Waals surface area contributed by atoms with Crippen molar-refractivity contribution in [3.8, 4) is 5.75 Å². The predicted octanol–water partition coefficient (Wildman–Crippen LogP) is 2.23. The number of rotatable bonds is 6. The largest absolute Gasteiger partial charge is 0.483 e. The third kappa shape index (κ3) is 5.34. The molecule has 1 amide bonds. The van der Waals surface area contributed by atoms with Gasteiger partial charge in [0.1, 0.15) is 11.6 Å². The minimum Gasteiger partial charge on any atom is -0.483 e. The van der Waals surface area contributed by atoms with Gasteiger partial charge >= 0.3 is 5.97 Å². The molecule has 0 heterocycles. The number of hydrogen-bond donors (Lipinski definition) is 0. The summed E-state index contributed by atoms with van der Waals surface area (Å²) in [7, 11) is 2.88. The maximum Gasteiger partial charge on any atom is 0.310 e. The molecule has 0 radical (unpaired) electrons. The fourth-order valence-electron chi connectivity index (χ4n) is 1.63. The van der Waals surface area contributed by atoms with Crippen molar-refractivity contribution in [2.24, 2.45) is 5.92 Å². The quantitative estimate of drug-likeness (QED) is 0.729. The van der Waals surface area contributed by atoms with Crippen LogP contribution in [0, 0.1) is 11.7 Å². The molecule has 1 aromatic rings. The van der Waals surface area contributed by atoms with Crippen LogP contribution < -0.4 is 4.74 Å². The van der Waals surface area contributed by atoms with Gasteiger partial charge in [-0.15, -0.1) is 0 Å². The number of ether oxygens (including phenoxy) is 2. The maximum atomic E-state index is 12.9. The first-order valence-electron chi connectivity index (χ1n) is 6.24. The van der Waals surface area contributed by atoms with Crippen LogP contribution in [0.3, 0.4) is 0 Å². The molecular weight excluding hydrogens is 345 g/mol. The molecule has 0 aliphatic rings. The predicted molar refractivity (Wildman–Crippen MR) is 78.4 cm³/mol. The molecule has 0 saturated heterocycles. The molecule has 5 nitrogen and oxygen atoms in total. The molecule has 21 heavy (non-hydrogen) atoms. The molecule has 7 heteroatoms. The monoisotopic (exact) mass is 361 g/mol. The molecule has 1 aromatic carbocycles. The van der Waals surface area contributed by atoms with E-state index in [1.165, 1.54) is 30.2 Å². The molecular formula is C14H17BrFNO4. The Hall–Kier alpha value is -1.63. The van der Waals surface area contributed by atoms with Crippen LogP contribution >= 0.6 is 15.9 Å². The Balaban J connectivity index is 2.51. The molecule has 0 aliphatic carbocycles. The minimum absolute atomic E-state index is 0.200. The van der Waals surface area contributed by atoms with E-state index in [4.69, 9.17) is 4.74 Å². The van der Waals surface area contributed by atoms with Gasteiger partial charge in [-0.2, -0.15) is 0 Å². The summed E-state index contributed by atoms with van der Waals surface area (Å²) in [6, 6.07) is 3.93. The molecule has 0 fully saturated rings. The van der Waals surface area contributed by atoms with E-state index in [1.807, 2.05) is 0 Å². The summed E-state index contributed by atoms with van der Waals surface area (Å²) in [5.41, 5.74) is 0. The summed E-state index contributed by atoms with van der Waals surface area (Å²) in [5, 5.41) is 0. The highest BCUT2D eigenvalue weighted by Crippen LogP contribution is 2.25. The number of amides is 1. The van der Waals surface area contributed by atoms with E-state index in [0.717, 1.165) is 0 Å². The highest BCUT2D eigenvalue weighted by molar-refractivity contribution is 9.10. The fraction of sp³-hybridized carbons (Fsp3) is 0.429. The van der Waals surface area contributed by atoms with E-state index in [2.05, 4.69) is 20.7 Å². The molecule has 1 unspecified atom stereocenters. The molecule has 0 bridgehead atoms. The number of carbonyl (C=O) groups excluding carboxylic acids is 2. The first-order chi connectivity index (χ1) is 9.85. The van der Waals surface area contributed by atoms with Gasteiger partial charge in [-0.25, -0.2) is 4.39 Å². The SMILES string of the molecule is COC(=O)C(C)CN(C)C(=O)COc1ccc(F)cc1Br. The Morgan fingerprint density at radius 3 is 2.67 bits per heavy atom. The van der Waals surface area contributed by atoms with Crippen LogP contribution in [0.2, 0.25) is 0 Å². The van der Waals surface area contributed by atoms with Gasteiger partial charge in [0.2, 0.25) is 0 Å². The van der Waals surface area contributed by atoms with Crippen LogP contribution in [0.25, 0.3) is 0 Å². The van der Waals surface area contributed by atoms with Crippen molar-refractivity contribution in [1.82, 2.24) is 4.90 Å².